The Bertz CT molecular complexity index is 267. The van der Waals surface area contributed by atoms with Crippen molar-refractivity contribution in [2.75, 3.05) is 13.2 Å². The van der Waals surface area contributed by atoms with Gasteiger partial charge in [0.25, 0.3) is 0 Å². The van der Waals surface area contributed by atoms with Crippen molar-refractivity contribution in [1.29, 1.82) is 0 Å². The molecule has 2 nitrogen and oxygen atoms in total. The van der Waals surface area contributed by atoms with E-state index in [1.54, 1.807) is 0 Å². The molecule has 0 amide bonds. The molecule has 0 bridgehead atoms. The van der Waals surface area contributed by atoms with Gasteiger partial charge in [0, 0.05) is 0 Å². The monoisotopic (exact) mass is 224 g/mol. The maximum atomic E-state index is 9.39. The van der Waals surface area contributed by atoms with Gasteiger partial charge in [-0.15, -0.1) is 0 Å². The lowest BCUT2D eigenvalue weighted by molar-refractivity contribution is 0.319. The zero-order valence-electron chi connectivity index (χ0n) is 10.6. The molecule has 0 unspecified atom stereocenters. The van der Waals surface area contributed by atoms with Crippen LogP contribution in [0.15, 0.2) is 22.3 Å². The summed E-state index contributed by atoms with van der Waals surface area (Å²) in [6, 6.07) is 0. The molecule has 92 valence electrons. The fourth-order valence-corrected chi connectivity index (χ4v) is 2.60. The molecule has 0 heterocycles. The summed E-state index contributed by atoms with van der Waals surface area (Å²) in [7, 11) is 0. The van der Waals surface area contributed by atoms with Crippen LogP contribution in [-0.4, -0.2) is 23.4 Å². The van der Waals surface area contributed by atoms with Crippen LogP contribution in [0.2, 0.25) is 0 Å². The lowest BCUT2D eigenvalue weighted by Crippen LogP contribution is -2.08. The molecular formula is C14H24O2. The van der Waals surface area contributed by atoms with Gasteiger partial charge in [0.15, 0.2) is 0 Å². The van der Waals surface area contributed by atoms with Crippen LogP contribution in [-0.2, 0) is 0 Å². The summed E-state index contributed by atoms with van der Waals surface area (Å²) in [5, 5.41) is 18.8. The molecule has 1 aliphatic rings. The number of aliphatic hydroxyl groups excluding tert-OH is 2. The minimum atomic E-state index is 0.155. The van der Waals surface area contributed by atoms with Crippen LogP contribution in [0.25, 0.3) is 0 Å². The van der Waals surface area contributed by atoms with Gasteiger partial charge in [-0.25, -0.2) is 0 Å². The van der Waals surface area contributed by atoms with E-state index in [0.29, 0.717) is 0 Å². The van der Waals surface area contributed by atoms with Crippen LogP contribution < -0.4 is 0 Å². The third-order valence-corrected chi connectivity index (χ3v) is 3.54. The molecule has 2 heteroatoms. The third-order valence-electron chi connectivity index (χ3n) is 3.54. The summed E-state index contributed by atoms with van der Waals surface area (Å²) < 4.78 is 0. The summed E-state index contributed by atoms with van der Waals surface area (Å²) in [5.74, 6) is 0. The SMILES string of the molecule is CC/C(CO)=C(\CC)C1=C(CO)CCCC1. The second-order valence-electron chi connectivity index (χ2n) is 4.39. The van der Waals surface area contributed by atoms with Crippen molar-refractivity contribution in [2.24, 2.45) is 0 Å². The topological polar surface area (TPSA) is 40.5 Å². The van der Waals surface area contributed by atoms with Crippen molar-refractivity contribution in [3.63, 3.8) is 0 Å². The smallest absolute Gasteiger partial charge is 0.0647 e. The lowest BCUT2D eigenvalue weighted by Gasteiger charge is -2.23. The van der Waals surface area contributed by atoms with Crippen molar-refractivity contribution in [1.82, 2.24) is 0 Å². The van der Waals surface area contributed by atoms with Crippen LogP contribution in [0, 0.1) is 0 Å². The Labute approximate surface area is 98.7 Å². The molecule has 1 aliphatic carbocycles. The summed E-state index contributed by atoms with van der Waals surface area (Å²) >= 11 is 0. The summed E-state index contributed by atoms with van der Waals surface area (Å²) in [5.41, 5.74) is 4.98. The zero-order valence-corrected chi connectivity index (χ0v) is 10.6. The Morgan fingerprint density at radius 1 is 1.06 bits per heavy atom. The Morgan fingerprint density at radius 2 is 1.75 bits per heavy atom. The summed E-state index contributed by atoms with van der Waals surface area (Å²) in [4.78, 5) is 0. The maximum absolute atomic E-state index is 9.39. The Hall–Kier alpha value is -0.600. The fraction of sp³-hybridized carbons (Fsp3) is 0.714. The fourth-order valence-electron chi connectivity index (χ4n) is 2.60. The van der Waals surface area contributed by atoms with Crippen molar-refractivity contribution in [2.45, 2.75) is 52.4 Å². The van der Waals surface area contributed by atoms with Crippen LogP contribution in [0.4, 0.5) is 0 Å². The minimum absolute atomic E-state index is 0.155. The van der Waals surface area contributed by atoms with Gasteiger partial charge < -0.3 is 10.2 Å². The highest BCUT2D eigenvalue weighted by Gasteiger charge is 2.16. The average molecular weight is 224 g/mol. The van der Waals surface area contributed by atoms with E-state index >= 15 is 0 Å². The first-order chi connectivity index (χ1) is 7.78. The standard InChI is InChI=1S/C14H24O2/c1-3-11(9-15)13(4-2)14-8-6-5-7-12(14)10-16/h15-16H,3-10H2,1-2H3/b13-11-. The Kier molecular flexibility index (Phi) is 5.78. The van der Waals surface area contributed by atoms with Crippen LogP contribution in [0.5, 0.6) is 0 Å². The van der Waals surface area contributed by atoms with Gasteiger partial charge in [-0.2, -0.15) is 0 Å². The van der Waals surface area contributed by atoms with Crippen LogP contribution >= 0.6 is 0 Å². The molecule has 0 spiro atoms. The second kappa shape index (κ2) is 6.87. The zero-order chi connectivity index (χ0) is 12.0. The molecule has 16 heavy (non-hydrogen) atoms. The van der Waals surface area contributed by atoms with Gasteiger partial charge in [0.2, 0.25) is 0 Å². The Morgan fingerprint density at radius 3 is 2.25 bits per heavy atom. The molecule has 0 saturated heterocycles. The number of aliphatic hydroxyl groups is 2. The molecule has 0 atom stereocenters. The van der Waals surface area contributed by atoms with Crippen LogP contribution in [0.3, 0.4) is 0 Å². The molecule has 2 N–H and O–H groups in total. The predicted octanol–water partition coefficient (Wildman–Crippen LogP) is 2.96. The van der Waals surface area contributed by atoms with E-state index in [1.165, 1.54) is 29.6 Å². The lowest BCUT2D eigenvalue weighted by atomic mass is 9.84. The van der Waals surface area contributed by atoms with Gasteiger partial charge in [0.05, 0.1) is 13.2 Å². The van der Waals surface area contributed by atoms with Gasteiger partial charge in [-0.3, -0.25) is 0 Å². The molecular weight excluding hydrogens is 200 g/mol. The highest BCUT2D eigenvalue weighted by atomic mass is 16.3. The van der Waals surface area contributed by atoms with Crippen molar-refractivity contribution in [3.05, 3.63) is 22.3 Å². The first-order valence-corrected chi connectivity index (χ1v) is 6.42. The van der Waals surface area contributed by atoms with E-state index in [9.17, 15) is 10.2 Å². The highest BCUT2D eigenvalue weighted by Crippen LogP contribution is 2.33. The van der Waals surface area contributed by atoms with E-state index in [-0.39, 0.29) is 13.2 Å². The molecule has 0 radical (unpaired) electrons. The van der Waals surface area contributed by atoms with E-state index in [2.05, 4.69) is 13.8 Å². The minimum Gasteiger partial charge on any atom is -0.392 e. The first-order valence-electron chi connectivity index (χ1n) is 6.42. The molecule has 0 aromatic rings. The normalized spacial score (nSPS) is 18.8. The van der Waals surface area contributed by atoms with E-state index in [4.69, 9.17) is 0 Å². The van der Waals surface area contributed by atoms with E-state index < -0.39 is 0 Å². The molecule has 1 rings (SSSR count). The van der Waals surface area contributed by atoms with Crippen LogP contribution in [0.1, 0.15) is 52.4 Å². The van der Waals surface area contributed by atoms with Crippen molar-refractivity contribution >= 4 is 0 Å². The molecule has 0 fully saturated rings. The third kappa shape index (κ3) is 2.96. The number of allylic oxidation sites excluding steroid dienone is 2. The quantitative estimate of drug-likeness (QED) is 0.753. The van der Waals surface area contributed by atoms with Crippen molar-refractivity contribution in [3.8, 4) is 0 Å². The van der Waals surface area contributed by atoms with Gasteiger partial charge in [0.1, 0.15) is 0 Å². The molecule has 0 aliphatic heterocycles. The second-order valence-corrected chi connectivity index (χ2v) is 4.39. The van der Waals surface area contributed by atoms with E-state index in [0.717, 1.165) is 31.3 Å². The molecule has 0 saturated carbocycles. The number of hydrogen-bond acceptors (Lipinski definition) is 2. The molecule has 0 aromatic carbocycles. The van der Waals surface area contributed by atoms with Gasteiger partial charge in [-0.1, -0.05) is 13.8 Å². The predicted molar refractivity (Wildman–Crippen MR) is 67.3 cm³/mol. The largest absolute Gasteiger partial charge is 0.392 e. The summed E-state index contributed by atoms with van der Waals surface area (Å²) in [6.45, 7) is 4.56. The maximum Gasteiger partial charge on any atom is 0.0647 e. The Balaban J connectivity index is 3.11. The average Bonchev–Trinajstić information content (AvgIpc) is 2.35. The van der Waals surface area contributed by atoms with Gasteiger partial charge in [-0.05, 0) is 60.8 Å². The van der Waals surface area contributed by atoms with Gasteiger partial charge >= 0.3 is 0 Å². The highest BCUT2D eigenvalue weighted by molar-refractivity contribution is 5.40. The van der Waals surface area contributed by atoms with E-state index in [1.807, 2.05) is 0 Å². The summed E-state index contributed by atoms with van der Waals surface area (Å²) in [6.07, 6.45) is 6.37. The van der Waals surface area contributed by atoms with Crippen molar-refractivity contribution < 1.29 is 10.2 Å². The first kappa shape index (κ1) is 13.5. The molecule has 0 aromatic heterocycles. The number of rotatable bonds is 5. The number of hydrogen-bond donors (Lipinski definition) is 2.